The van der Waals surface area contributed by atoms with Crippen molar-refractivity contribution in [2.45, 2.75) is 6.92 Å². The minimum Gasteiger partial charge on any atom is -0.311 e. The van der Waals surface area contributed by atoms with Crippen LogP contribution < -0.4 is 4.90 Å². The molecule has 27 heavy (non-hydrogen) atoms. The summed E-state index contributed by atoms with van der Waals surface area (Å²) in [5.41, 5.74) is 2.46. The highest BCUT2D eigenvalue weighted by atomic mass is 35.5. The predicted octanol–water partition coefficient (Wildman–Crippen LogP) is 3.71. The molecule has 1 aromatic heterocycles. The van der Waals surface area contributed by atoms with Gasteiger partial charge in [0.05, 0.1) is 16.2 Å². The third-order valence-electron chi connectivity index (χ3n) is 4.42. The van der Waals surface area contributed by atoms with Crippen LogP contribution in [0, 0.1) is 0 Å². The molecular weight excluding hydrogens is 384 g/mol. The average molecular weight is 399 g/mol. The number of pyridine rings is 1. The van der Waals surface area contributed by atoms with E-state index in [0.29, 0.717) is 27.9 Å². The number of aromatic nitrogens is 1. The van der Waals surface area contributed by atoms with E-state index in [4.69, 9.17) is 11.6 Å². The number of hydrogen-bond acceptors (Lipinski definition) is 5. The van der Waals surface area contributed by atoms with E-state index in [2.05, 4.69) is 9.98 Å². The summed E-state index contributed by atoms with van der Waals surface area (Å²) in [6.45, 7) is 2.30. The summed E-state index contributed by atoms with van der Waals surface area (Å²) < 4.78 is 0. The minimum absolute atomic E-state index is 0.191. The number of thioether (sulfide) groups is 1. The molecule has 0 bridgehead atoms. The van der Waals surface area contributed by atoms with E-state index in [1.807, 2.05) is 31.2 Å². The molecule has 6 nitrogen and oxygen atoms in total. The van der Waals surface area contributed by atoms with Crippen LogP contribution in [0.25, 0.3) is 5.57 Å². The Labute approximate surface area is 165 Å². The lowest BCUT2D eigenvalue weighted by atomic mass is 10.1. The van der Waals surface area contributed by atoms with Crippen molar-refractivity contribution in [3.05, 3.63) is 58.2 Å². The van der Waals surface area contributed by atoms with E-state index in [1.165, 1.54) is 11.8 Å². The maximum Gasteiger partial charge on any atom is 0.267 e. The van der Waals surface area contributed by atoms with Crippen LogP contribution >= 0.6 is 23.4 Å². The average Bonchev–Trinajstić information content (AvgIpc) is 3.11. The first-order valence-electron chi connectivity index (χ1n) is 8.33. The number of rotatable bonds is 2. The number of hydrogen-bond donors (Lipinski definition) is 0. The van der Waals surface area contributed by atoms with Gasteiger partial charge in [-0.2, -0.15) is 0 Å². The zero-order valence-corrected chi connectivity index (χ0v) is 16.2. The smallest absolute Gasteiger partial charge is 0.267 e. The lowest BCUT2D eigenvalue weighted by Gasteiger charge is -2.12. The third-order valence-corrected chi connectivity index (χ3v) is 5.78. The molecule has 2 aromatic rings. The molecule has 0 aliphatic carbocycles. The molecule has 0 atom stereocenters. The molecule has 136 valence electrons. The molecule has 0 N–H and O–H groups in total. The van der Waals surface area contributed by atoms with Crippen molar-refractivity contribution in [1.82, 2.24) is 9.88 Å². The highest BCUT2D eigenvalue weighted by Gasteiger charge is 2.41. The van der Waals surface area contributed by atoms with Crippen molar-refractivity contribution >= 4 is 57.3 Å². The van der Waals surface area contributed by atoms with Gasteiger partial charge in [0, 0.05) is 25.4 Å². The van der Waals surface area contributed by atoms with Crippen molar-refractivity contribution < 1.29 is 9.59 Å². The summed E-state index contributed by atoms with van der Waals surface area (Å²) in [7, 11) is 1.71. The number of amidine groups is 1. The Hall–Kier alpha value is -2.64. The third kappa shape index (κ3) is 2.83. The lowest BCUT2D eigenvalue weighted by Crippen LogP contribution is -2.29. The van der Waals surface area contributed by atoms with Gasteiger partial charge in [-0.15, -0.1) is 0 Å². The zero-order chi connectivity index (χ0) is 19.1. The Balaban J connectivity index is 1.85. The Morgan fingerprint density at radius 3 is 2.67 bits per heavy atom. The molecule has 1 aromatic carbocycles. The molecule has 0 radical (unpaired) electrons. The largest absolute Gasteiger partial charge is 0.311 e. The Morgan fingerprint density at radius 2 is 1.93 bits per heavy atom. The van der Waals surface area contributed by atoms with Gasteiger partial charge in [-0.25, -0.2) is 9.98 Å². The molecule has 4 rings (SSSR count). The fraction of sp³-hybridized carbons (Fsp3) is 0.158. The van der Waals surface area contributed by atoms with Crippen LogP contribution in [0.3, 0.4) is 0 Å². The summed E-state index contributed by atoms with van der Waals surface area (Å²) in [5, 5.41) is 0.747. The van der Waals surface area contributed by atoms with Gasteiger partial charge in [0.15, 0.2) is 10.3 Å². The number of nitrogens with zero attached hydrogens (tertiary/aromatic N) is 4. The molecule has 0 saturated carbocycles. The van der Waals surface area contributed by atoms with Crippen LogP contribution in [0.1, 0.15) is 12.5 Å². The van der Waals surface area contributed by atoms with Gasteiger partial charge in [0.2, 0.25) is 0 Å². The Morgan fingerprint density at radius 1 is 1.15 bits per heavy atom. The molecule has 2 aliphatic rings. The molecule has 1 saturated heterocycles. The summed E-state index contributed by atoms with van der Waals surface area (Å²) in [5.74, 6) is -0.418. The van der Waals surface area contributed by atoms with Gasteiger partial charge in [0.1, 0.15) is 5.69 Å². The number of fused-ring (bicyclic) bond motifs is 1. The van der Waals surface area contributed by atoms with Crippen molar-refractivity contribution in [2.75, 3.05) is 18.5 Å². The standard InChI is InChI=1S/C19H15ClN4O2S/c1-3-24-18(26)15(27-19(24)22-12-8-6-10-21-16(12)20)14-11-7-4-5-9-13(11)23(2)17(14)25/h4-10H,3H2,1-2H3/b15-14-,22-19?. The lowest BCUT2D eigenvalue weighted by molar-refractivity contribution is -0.122. The fourth-order valence-corrected chi connectivity index (χ4v) is 4.38. The van der Waals surface area contributed by atoms with E-state index >= 15 is 0 Å². The number of benzene rings is 1. The first kappa shape index (κ1) is 17.8. The zero-order valence-electron chi connectivity index (χ0n) is 14.6. The van der Waals surface area contributed by atoms with Crippen LogP contribution in [0.2, 0.25) is 5.15 Å². The van der Waals surface area contributed by atoms with Gasteiger partial charge in [-0.05, 0) is 36.9 Å². The number of amides is 2. The quantitative estimate of drug-likeness (QED) is 0.571. The van der Waals surface area contributed by atoms with E-state index in [-0.39, 0.29) is 17.0 Å². The maximum atomic E-state index is 13.0. The second-order valence-corrected chi connectivity index (χ2v) is 7.28. The number of para-hydroxylation sites is 1. The van der Waals surface area contributed by atoms with Crippen LogP contribution in [0.4, 0.5) is 11.4 Å². The van der Waals surface area contributed by atoms with Crippen LogP contribution in [-0.4, -0.2) is 40.5 Å². The molecule has 1 fully saturated rings. The maximum absolute atomic E-state index is 13.0. The Kier molecular flexibility index (Phi) is 4.49. The number of anilines is 1. The van der Waals surface area contributed by atoms with E-state index in [0.717, 1.165) is 11.3 Å². The van der Waals surface area contributed by atoms with Gasteiger partial charge in [0.25, 0.3) is 11.8 Å². The normalized spacial score (nSPS) is 20.8. The van der Waals surface area contributed by atoms with Gasteiger partial charge in [-0.1, -0.05) is 29.8 Å². The molecular formula is C19H15ClN4O2S. The number of carbonyl (C=O) groups excluding carboxylic acids is 2. The first-order valence-corrected chi connectivity index (χ1v) is 9.53. The van der Waals surface area contributed by atoms with Crippen LogP contribution in [0.15, 0.2) is 52.5 Å². The fourth-order valence-electron chi connectivity index (χ4n) is 3.07. The van der Waals surface area contributed by atoms with Gasteiger partial charge in [-0.3, -0.25) is 14.5 Å². The van der Waals surface area contributed by atoms with Crippen LogP contribution in [0.5, 0.6) is 0 Å². The minimum atomic E-state index is -0.227. The molecule has 2 aliphatic heterocycles. The van der Waals surface area contributed by atoms with E-state index in [1.54, 1.807) is 35.2 Å². The summed E-state index contributed by atoms with van der Waals surface area (Å²) in [6.07, 6.45) is 1.58. The van der Waals surface area contributed by atoms with Gasteiger partial charge < -0.3 is 4.90 Å². The van der Waals surface area contributed by atoms with E-state index in [9.17, 15) is 9.59 Å². The first-order chi connectivity index (χ1) is 13.0. The second kappa shape index (κ2) is 6.83. The van der Waals surface area contributed by atoms with Crippen LogP contribution in [-0.2, 0) is 9.59 Å². The predicted molar refractivity (Wildman–Crippen MR) is 108 cm³/mol. The number of carbonyl (C=O) groups is 2. The topological polar surface area (TPSA) is 65.9 Å². The molecule has 8 heteroatoms. The van der Waals surface area contributed by atoms with Crippen molar-refractivity contribution in [3.63, 3.8) is 0 Å². The van der Waals surface area contributed by atoms with Crippen molar-refractivity contribution in [1.29, 1.82) is 0 Å². The number of halogens is 1. The van der Waals surface area contributed by atoms with E-state index < -0.39 is 0 Å². The summed E-state index contributed by atoms with van der Waals surface area (Å²) >= 11 is 7.29. The molecule has 0 spiro atoms. The number of aliphatic imine (C=N–C) groups is 1. The van der Waals surface area contributed by atoms with Crippen molar-refractivity contribution in [3.8, 4) is 0 Å². The second-order valence-electron chi connectivity index (χ2n) is 5.94. The van der Waals surface area contributed by atoms with Crippen molar-refractivity contribution in [2.24, 2.45) is 4.99 Å². The van der Waals surface area contributed by atoms with Gasteiger partial charge >= 0.3 is 0 Å². The monoisotopic (exact) mass is 398 g/mol. The summed E-state index contributed by atoms with van der Waals surface area (Å²) in [6, 6.07) is 10.9. The highest BCUT2D eigenvalue weighted by Crippen LogP contribution is 2.44. The Bertz CT molecular complexity index is 1030. The SMILES string of the molecule is CCN1C(=O)/C(=C2/C(=O)N(C)c3ccccc32)SC1=Nc1cccnc1Cl. The molecule has 3 heterocycles. The highest BCUT2D eigenvalue weighted by molar-refractivity contribution is 8.18. The molecule has 0 unspecified atom stereocenters. The summed E-state index contributed by atoms with van der Waals surface area (Å²) in [4.78, 5) is 37.9. The molecule has 2 amide bonds. The number of likely N-dealkylation sites (N-methyl/N-ethyl adjacent to an activating group) is 2.